The van der Waals surface area contributed by atoms with Crippen molar-refractivity contribution in [3.05, 3.63) is 59.0 Å². The molecule has 2 rings (SSSR count). The molecule has 0 unspecified atom stereocenters. The summed E-state index contributed by atoms with van der Waals surface area (Å²) in [6, 6.07) is 10.4. The van der Waals surface area contributed by atoms with E-state index in [4.69, 9.17) is 0 Å². The van der Waals surface area contributed by atoms with Crippen LogP contribution in [0.3, 0.4) is 0 Å². The number of rotatable bonds is 1. The third-order valence-corrected chi connectivity index (χ3v) is 2.17. The summed E-state index contributed by atoms with van der Waals surface area (Å²) in [5.41, 5.74) is 1.00. The van der Waals surface area contributed by atoms with Crippen molar-refractivity contribution < 1.29 is 4.92 Å². The van der Waals surface area contributed by atoms with Gasteiger partial charge in [-0.2, -0.15) is 0 Å². The molecule has 3 heteroatoms. The second kappa shape index (κ2) is 3.10. The van der Waals surface area contributed by atoms with Gasteiger partial charge in [0.25, 0.3) is 5.69 Å². The van der Waals surface area contributed by atoms with Gasteiger partial charge in [-0.05, 0) is 29.3 Å². The molecule has 0 N–H and O–H groups in total. The summed E-state index contributed by atoms with van der Waals surface area (Å²) >= 11 is 0. The zero-order valence-electron chi connectivity index (χ0n) is 7.43. The quantitative estimate of drug-likeness (QED) is 0.507. The molecule has 0 saturated carbocycles. The normalized spacial score (nSPS) is 10.4. The van der Waals surface area contributed by atoms with Crippen molar-refractivity contribution in [2.45, 2.75) is 0 Å². The van der Waals surface area contributed by atoms with Gasteiger partial charge in [0.05, 0.1) is 4.92 Å². The molecular weight excluding hydrogens is 178 g/mol. The lowest BCUT2D eigenvalue weighted by atomic mass is 10.1. The molecule has 2 aromatic rings. The van der Waals surface area contributed by atoms with Crippen LogP contribution in [-0.2, 0) is 0 Å². The minimum Gasteiger partial charge on any atom is -0.258 e. The summed E-state index contributed by atoms with van der Waals surface area (Å²) in [4.78, 5) is 10.1. The SMILES string of the molecule is [CH2]c1cccc2cc([N+](=O)[O-])ccc12. The van der Waals surface area contributed by atoms with Gasteiger partial charge in [0.15, 0.2) is 0 Å². The van der Waals surface area contributed by atoms with Crippen LogP contribution in [0, 0.1) is 17.0 Å². The number of fused-ring (bicyclic) bond motifs is 1. The van der Waals surface area contributed by atoms with Gasteiger partial charge in [0, 0.05) is 12.1 Å². The Balaban J connectivity index is 2.73. The maximum absolute atomic E-state index is 10.5. The summed E-state index contributed by atoms with van der Waals surface area (Å²) in [5, 5.41) is 12.3. The smallest absolute Gasteiger partial charge is 0.258 e. The molecule has 69 valence electrons. The molecule has 0 aliphatic carbocycles. The molecule has 0 saturated heterocycles. The highest BCUT2D eigenvalue weighted by atomic mass is 16.6. The van der Waals surface area contributed by atoms with Crippen molar-refractivity contribution >= 4 is 16.5 Å². The first-order valence-corrected chi connectivity index (χ1v) is 4.17. The van der Waals surface area contributed by atoms with Crippen molar-refractivity contribution in [1.29, 1.82) is 0 Å². The molecular formula is C11H8NO2. The summed E-state index contributed by atoms with van der Waals surface area (Å²) in [5.74, 6) is 0. The van der Waals surface area contributed by atoms with Gasteiger partial charge in [-0.25, -0.2) is 0 Å². The first-order valence-electron chi connectivity index (χ1n) is 4.17. The van der Waals surface area contributed by atoms with E-state index in [1.54, 1.807) is 12.1 Å². The number of nitro benzene ring substituents is 1. The molecule has 0 spiro atoms. The van der Waals surface area contributed by atoms with Crippen LogP contribution in [0.4, 0.5) is 5.69 Å². The number of hydrogen-bond acceptors (Lipinski definition) is 2. The molecule has 0 aliphatic rings. The third-order valence-electron chi connectivity index (χ3n) is 2.17. The Labute approximate surface area is 81.1 Å². The Bertz CT molecular complexity index is 506. The van der Waals surface area contributed by atoms with Gasteiger partial charge >= 0.3 is 0 Å². The topological polar surface area (TPSA) is 43.1 Å². The Morgan fingerprint density at radius 3 is 2.71 bits per heavy atom. The molecule has 0 amide bonds. The van der Waals surface area contributed by atoms with Crippen molar-refractivity contribution in [3.63, 3.8) is 0 Å². The number of benzene rings is 2. The van der Waals surface area contributed by atoms with Crippen LogP contribution in [-0.4, -0.2) is 4.92 Å². The van der Waals surface area contributed by atoms with Crippen LogP contribution in [0.2, 0.25) is 0 Å². The highest BCUT2D eigenvalue weighted by molar-refractivity contribution is 5.88. The summed E-state index contributed by atoms with van der Waals surface area (Å²) in [7, 11) is 0. The van der Waals surface area contributed by atoms with Gasteiger partial charge in [0.2, 0.25) is 0 Å². The number of nitro groups is 1. The molecule has 0 bridgehead atoms. The van der Waals surface area contributed by atoms with E-state index in [1.165, 1.54) is 6.07 Å². The van der Waals surface area contributed by atoms with Crippen LogP contribution < -0.4 is 0 Å². The molecule has 3 nitrogen and oxygen atoms in total. The predicted molar refractivity (Wildman–Crippen MR) is 55.1 cm³/mol. The number of non-ortho nitro benzene ring substituents is 1. The van der Waals surface area contributed by atoms with Gasteiger partial charge in [-0.1, -0.05) is 18.2 Å². The second-order valence-corrected chi connectivity index (χ2v) is 3.08. The van der Waals surface area contributed by atoms with Crippen molar-refractivity contribution in [2.24, 2.45) is 0 Å². The summed E-state index contributed by atoms with van der Waals surface area (Å²) in [6.07, 6.45) is 0. The molecule has 2 aromatic carbocycles. The van der Waals surface area contributed by atoms with E-state index in [-0.39, 0.29) is 5.69 Å². The van der Waals surface area contributed by atoms with Gasteiger partial charge in [-0.3, -0.25) is 10.1 Å². The maximum Gasteiger partial charge on any atom is 0.270 e. The van der Waals surface area contributed by atoms with Crippen molar-refractivity contribution in [3.8, 4) is 0 Å². The van der Waals surface area contributed by atoms with E-state index in [0.29, 0.717) is 0 Å². The zero-order chi connectivity index (χ0) is 10.1. The largest absolute Gasteiger partial charge is 0.270 e. The minimum atomic E-state index is -0.394. The fraction of sp³-hybridized carbons (Fsp3) is 0. The molecule has 14 heavy (non-hydrogen) atoms. The molecule has 0 atom stereocenters. The van der Waals surface area contributed by atoms with Crippen LogP contribution in [0.5, 0.6) is 0 Å². The second-order valence-electron chi connectivity index (χ2n) is 3.08. The zero-order valence-corrected chi connectivity index (χ0v) is 7.43. The minimum absolute atomic E-state index is 0.114. The van der Waals surface area contributed by atoms with Crippen LogP contribution >= 0.6 is 0 Å². The number of nitrogens with zero attached hydrogens (tertiary/aromatic N) is 1. The predicted octanol–water partition coefficient (Wildman–Crippen LogP) is 2.93. The Kier molecular flexibility index (Phi) is 1.93. The lowest BCUT2D eigenvalue weighted by molar-refractivity contribution is -0.384. The molecule has 0 aromatic heterocycles. The van der Waals surface area contributed by atoms with Crippen molar-refractivity contribution in [2.75, 3.05) is 0 Å². The van der Waals surface area contributed by atoms with E-state index in [1.807, 2.05) is 18.2 Å². The van der Waals surface area contributed by atoms with Gasteiger partial charge < -0.3 is 0 Å². The highest BCUT2D eigenvalue weighted by Gasteiger charge is 2.06. The average Bonchev–Trinajstić information content (AvgIpc) is 2.17. The summed E-state index contributed by atoms with van der Waals surface area (Å²) < 4.78 is 0. The molecule has 0 aliphatic heterocycles. The number of hydrogen-bond donors (Lipinski definition) is 0. The van der Waals surface area contributed by atoms with E-state index < -0.39 is 4.92 Å². The van der Waals surface area contributed by atoms with Crippen LogP contribution in [0.1, 0.15) is 5.56 Å². The fourth-order valence-corrected chi connectivity index (χ4v) is 1.45. The van der Waals surface area contributed by atoms with Gasteiger partial charge in [0.1, 0.15) is 0 Å². The Morgan fingerprint density at radius 1 is 1.21 bits per heavy atom. The molecule has 0 heterocycles. The lowest BCUT2D eigenvalue weighted by Gasteiger charge is -2.00. The monoisotopic (exact) mass is 186 g/mol. The highest BCUT2D eigenvalue weighted by Crippen LogP contribution is 2.22. The van der Waals surface area contributed by atoms with E-state index in [9.17, 15) is 10.1 Å². The van der Waals surface area contributed by atoms with E-state index in [0.717, 1.165) is 16.3 Å². The molecule has 0 fully saturated rings. The third kappa shape index (κ3) is 1.33. The lowest BCUT2D eigenvalue weighted by Crippen LogP contribution is -1.87. The van der Waals surface area contributed by atoms with Gasteiger partial charge in [-0.15, -0.1) is 0 Å². The van der Waals surface area contributed by atoms with Crippen LogP contribution in [0.25, 0.3) is 10.8 Å². The standard InChI is InChI=1S/C11H8NO2/c1-8-3-2-4-9-7-10(12(13)14)5-6-11(8)9/h2-7H,1H2. The molecule has 1 radical (unpaired) electrons. The van der Waals surface area contributed by atoms with Crippen molar-refractivity contribution in [1.82, 2.24) is 0 Å². The van der Waals surface area contributed by atoms with Crippen LogP contribution in [0.15, 0.2) is 36.4 Å². The first-order chi connectivity index (χ1) is 6.68. The first kappa shape index (κ1) is 8.69. The van der Waals surface area contributed by atoms with E-state index in [2.05, 4.69) is 6.92 Å². The average molecular weight is 186 g/mol. The Hall–Kier alpha value is -1.90. The fourth-order valence-electron chi connectivity index (χ4n) is 1.45. The summed E-state index contributed by atoms with van der Waals surface area (Å²) in [6.45, 7) is 3.85. The van der Waals surface area contributed by atoms with E-state index >= 15 is 0 Å². The maximum atomic E-state index is 10.5. The Morgan fingerprint density at radius 2 is 2.00 bits per heavy atom.